The van der Waals surface area contributed by atoms with Crippen molar-refractivity contribution in [2.75, 3.05) is 25.1 Å². The highest BCUT2D eigenvalue weighted by Gasteiger charge is 2.32. The van der Waals surface area contributed by atoms with E-state index in [2.05, 4.69) is 5.32 Å². The van der Waals surface area contributed by atoms with Gasteiger partial charge in [0.1, 0.15) is 15.8 Å². The number of carbonyl (C=O) groups is 1. The van der Waals surface area contributed by atoms with Crippen molar-refractivity contribution >= 4 is 51.7 Å². The molecular weight excluding hydrogens is 468 g/mol. The zero-order valence-corrected chi connectivity index (χ0v) is 20.7. The van der Waals surface area contributed by atoms with E-state index in [4.69, 9.17) is 21.9 Å². The van der Waals surface area contributed by atoms with Crippen LogP contribution in [0.15, 0.2) is 58.4 Å². The van der Waals surface area contributed by atoms with Gasteiger partial charge in [0.15, 0.2) is 0 Å². The lowest BCUT2D eigenvalue weighted by Gasteiger charge is -2.14. The number of benzene rings is 1. The van der Waals surface area contributed by atoms with Crippen LogP contribution in [0.25, 0.3) is 11.7 Å². The van der Waals surface area contributed by atoms with Crippen molar-refractivity contribution in [3.63, 3.8) is 0 Å². The Kier molecular flexibility index (Phi) is 7.77. The molecule has 0 saturated carbocycles. The summed E-state index contributed by atoms with van der Waals surface area (Å²) in [6.45, 7) is 6.11. The number of thioether (sulfide) groups is 1. The van der Waals surface area contributed by atoms with Crippen LogP contribution in [0.3, 0.4) is 0 Å². The Bertz CT molecular complexity index is 1300. The third-order valence-corrected chi connectivity index (χ3v) is 6.76. The van der Waals surface area contributed by atoms with Crippen LogP contribution in [-0.2, 0) is 16.1 Å². The van der Waals surface area contributed by atoms with E-state index >= 15 is 0 Å². The molecule has 0 spiro atoms. The molecule has 3 heterocycles. The van der Waals surface area contributed by atoms with Crippen molar-refractivity contribution in [3.8, 4) is 0 Å². The fraction of sp³-hybridized carbons (Fsp3) is 0.280. The molecule has 1 amide bonds. The molecule has 1 aliphatic heterocycles. The van der Waals surface area contributed by atoms with Gasteiger partial charge < -0.3 is 10.1 Å². The number of rotatable bonds is 9. The van der Waals surface area contributed by atoms with E-state index in [-0.39, 0.29) is 11.5 Å². The number of hydrogen-bond acceptors (Lipinski definition) is 7. The third kappa shape index (κ3) is 5.22. The van der Waals surface area contributed by atoms with Crippen LogP contribution in [0, 0.1) is 6.92 Å². The molecule has 0 radical (unpaired) electrons. The highest BCUT2D eigenvalue weighted by molar-refractivity contribution is 8.26. The quantitative estimate of drug-likeness (QED) is 0.271. The molecule has 1 saturated heterocycles. The number of aryl methyl sites for hydroxylation is 1. The molecule has 3 aromatic rings. The summed E-state index contributed by atoms with van der Waals surface area (Å²) in [6.07, 6.45) is 4.06. The number of anilines is 1. The van der Waals surface area contributed by atoms with E-state index in [1.165, 1.54) is 16.2 Å². The molecule has 1 fully saturated rings. The number of fused-ring (bicyclic) bond motifs is 1. The van der Waals surface area contributed by atoms with Crippen molar-refractivity contribution in [2.45, 2.75) is 26.8 Å². The number of amides is 1. The predicted molar refractivity (Wildman–Crippen MR) is 141 cm³/mol. The van der Waals surface area contributed by atoms with Gasteiger partial charge in [-0.3, -0.25) is 18.9 Å². The van der Waals surface area contributed by atoms with Crippen molar-refractivity contribution in [1.29, 1.82) is 0 Å². The topological polar surface area (TPSA) is 75.9 Å². The zero-order valence-electron chi connectivity index (χ0n) is 19.1. The SMILES string of the molecule is CCOCCCNc1nc2c(C)cccn2c(=O)c1/C=C1\SC(=S)N(Cc2ccccc2)C1=O. The molecule has 0 aliphatic carbocycles. The van der Waals surface area contributed by atoms with Crippen LogP contribution >= 0.6 is 24.0 Å². The first kappa shape index (κ1) is 24.1. The minimum atomic E-state index is -0.241. The molecule has 176 valence electrons. The van der Waals surface area contributed by atoms with Crippen molar-refractivity contribution in [1.82, 2.24) is 14.3 Å². The first-order chi connectivity index (χ1) is 16.5. The molecule has 0 bridgehead atoms. The minimum Gasteiger partial charge on any atom is -0.382 e. The van der Waals surface area contributed by atoms with Crippen LogP contribution in [0.5, 0.6) is 0 Å². The Morgan fingerprint density at radius 3 is 2.74 bits per heavy atom. The molecule has 4 rings (SSSR count). The fourth-order valence-corrected chi connectivity index (χ4v) is 4.87. The van der Waals surface area contributed by atoms with E-state index in [0.29, 0.717) is 52.6 Å². The standard InChI is InChI=1S/C25H26N4O3S2/c1-3-32-14-8-12-26-21-19(23(30)28-13-7-9-17(2)22(28)27-21)15-20-24(31)29(25(33)34-20)16-18-10-5-4-6-11-18/h4-7,9-11,13,15,26H,3,8,12,14,16H2,1-2H3/b20-15-. The van der Waals surface area contributed by atoms with E-state index in [9.17, 15) is 9.59 Å². The maximum absolute atomic E-state index is 13.4. The van der Waals surface area contributed by atoms with Crippen LogP contribution in [0.2, 0.25) is 0 Å². The van der Waals surface area contributed by atoms with Crippen LogP contribution < -0.4 is 10.9 Å². The smallest absolute Gasteiger partial charge is 0.267 e. The van der Waals surface area contributed by atoms with Gasteiger partial charge in [-0.1, -0.05) is 60.4 Å². The Labute approximate surface area is 207 Å². The Hall–Kier alpha value is -3.01. The van der Waals surface area contributed by atoms with Gasteiger partial charge in [-0.2, -0.15) is 0 Å². The van der Waals surface area contributed by atoms with Gasteiger partial charge in [0.25, 0.3) is 11.5 Å². The number of hydrogen-bond donors (Lipinski definition) is 1. The second kappa shape index (κ2) is 10.9. The lowest BCUT2D eigenvalue weighted by molar-refractivity contribution is -0.122. The number of nitrogens with one attached hydrogen (secondary N) is 1. The average molecular weight is 495 g/mol. The van der Waals surface area contributed by atoms with Gasteiger partial charge in [-0.05, 0) is 43.5 Å². The van der Waals surface area contributed by atoms with Gasteiger partial charge in [0.05, 0.1) is 17.0 Å². The van der Waals surface area contributed by atoms with Crippen LogP contribution in [-0.4, -0.2) is 44.3 Å². The number of thiocarbonyl (C=S) groups is 1. The third-order valence-electron chi connectivity index (χ3n) is 5.38. The number of pyridine rings is 1. The highest BCUT2D eigenvalue weighted by Crippen LogP contribution is 2.34. The molecule has 9 heteroatoms. The largest absolute Gasteiger partial charge is 0.382 e. The first-order valence-electron chi connectivity index (χ1n) is 11.1. The molecule has 7 nitrogen and oxygen atoms in total. The van der Waals surface area contributed by atoms with E-state index in [0.717, 1.165) is 17.5 Å². The summed E-state index contributed by atoms with van der Waals surface area (Å²) in [5, 5.41) is 3.27. The maximum atomic E-state index is 13.4. The van der Waals surface area contributed by atoms with Crippen molar-refractivity contribution in [3.05, 3.63) is 80.6 Å². The van der Waals surface area contributed by atoms with Crippen molar-refractivity contribution in [2.24, 2.45) is 0 Å². The Morgan fingerprint density at radius 1 is 1.18 bits per heavy atom. The Balaban J connectivity index is 1.68. The molecule has 0 atom stereocenters. The van der Waals surface area contributed by atoms with E-state index in [1.54, 1.807) is 17.2 Å². The molecule has 1 aromatic carbocycles. The number of aromatic nitrogens is 2. The van der Waals surface area contributed by atoms with Gasteiger partial charge in [-0.15, -0.1) is 0 Å². The summed E-state index contributed by atoms with van der Waals surface area (Å²) in [6, 6.07) is 13.4. The summed E-state index contributed by atoms with van der Waals surface area (Å²) >= 11 is 6.68. The molecule has 2 aromatic heterocycles. The summed E-state index contributed by atoms with van der Waals surface area (Å²) in [5.41, 5.74) is 2.54. The molecule has 0 unspecified atom stereocenters. The van der Waals surface area contributed by atoms with E-state index < -0.39 is 0 Å². The lowest BCUT2D eigenvalue weighted by atomic mass is 10.2. The second-order valence-corrected chi connectivity index (χ2v) is 9.47. The zero-order chi connectivity index (χ0) is 24.1. The summed E-state index contributed by atoms with van der Waals surface area (Å²) in [4.78, 5) is 33.3. The normalized spacial score (nSPS) is 15.0. The fourth-order valence-electron chi connectivity index (χ4n) is 3.64. The summed E-state index contributed by atoms with van der Waals surface area (Å²) < 4.78 is 7.38. The molecule has 1 N–H and O–H groups in total. The number of carbonyl (C=O) groups excluding carboxylic acids is 1. The second-order valence-electron chi connectivity index (χ2n) is 7.79. The van der Waals surface area contributed by atoms with Gasteiger partial charge in [-0.25, -0.2) is 4.98 Å². The highest BCUT2D eigenvalue weighted by atomic mass is 32.2. The van der Waals surface area contributed by atoms with Crippen LogP contribution in [0.4, 0.5) is 5.82 Å². The molecular formula is C25H26N4O3S2. The number of ether oxygens (including phenoxy) is 1. The monoisotopic (exact) mass is 494 g/mol. The van der Waals surface area contributed by atoms with Crippen LogP contribution in [0.1, 0.15) is 30.0 Å². The first-order valence-corrected chi connectivity index (χ1v) is 12.3. The summed E-state index contributed by atoms with van der Waals surface area (Å²) in [7, 11) is 0. The number of nitrogens with zero attached hydrogens (tertiary/aromatic N) is 3. The van der Waals surface area contributed by atoms with Gasteiger partial charge in [0.2, 0.25) is 0 Å². The van der Waals surface area contributed by atoms with E-state index in [1.807, 2.05) is 56.3 Å². The van der Waals surface area contributed by atoms with Gasteiger partial charge >= 0.3 is 0 Å². The van der Waals surface area contributed by atoms with Crippen molar-refractivity contribution < 1.29 is 9.53 Å². The lowest BCUT2D eigenvalue weighted by Crippen LogP contribution is -2.27. The predicted octanol–water partition coefficient (Wildman–Crippen LogP) is 4.24. The molecule has 1 aliphatic rings. The molecule has 34 heavy (non-hydrogen) atoms. The average Bonchev–Trinajstić information content (AvgIpc) is 3.10. The Morgan fingerprint density at radius 2 is 1.97 bits per heavy atom. The summed E-state index contributed by atoms with van der Waals surface area (Å²) in [5.74, 6) is 0.235. The van der Waals surface area contributed by atoms with Gasteiger partial charge in [0, 0.05) is 26.0 Å². The maximum Gasteiger partial charge on any atom is 0.267 e. The minimum absolute atomic E-state index is 0.213.